The number of esters is 1. The molecular weight excluding hydrogens is 430 g/mol. The van der Waals surface area contributed by atoms with Crippen molar-refractivity contribution in [2.75, 3.05) is 0 Å². The minimum absolute atomic E-state index is 0.0721. The second-order valence-electron chi connectivity index (χ2n) is 9.34. The maximum atomic E-state index is 11.8. The average molecular weight is 460 g/mol. The van der Waals surface area contributed by atoms with Gasteiger partial charge in [-0.25, -0.2) is 0 Å². The Labute approximate surface area is 199 Å². The number of carbonyl (C=O) groups is 1. The van der Waals surface area contributed by atoms with Gasteiger partial charge in [0.1, 0.15) is 6.10 Å². The van der Waals surface area contributed by atoms with Gasteiger partial charge in [-0.1, -0.05) is 62.0 Å². The van der Waals surface area contributed by atoms with Gasteiger partial charge in [0.25, 0.3) is 0 Å². The predicted molar refractivity (Wildman–Crippen MR) is 133 cm³/mol. The summed E-state index contributed by atoms with van der Waals surface area (Å²) in [5.74, 6) is 0.623. The Morgan fingerprint density at radius 1 is 1.12 bits per heavy atom. The number of hydrogen-bond donors (Lipinski definition) is 1. The van der Waals surface area contributed by atoms with Gasteiger partial charge in [-0.3, -0.25) is 9.78 Å². The van der Waals surface area contributed by atoms with E-state index in [0.29, 0.717) is 18.3 Å². The van der Waals surface area contributed by atoms with Gasteiger partial charge in [0.2, 0.25) is 0 Å². The van der Waals surface area contributed by atoms with Crippen molar-refractivity contribution in [1.29, 1.82) is 0 Å². The molecular formula is C28H29NO3S. The van der Waals surface area contributed by atoms with Gasteiger partial charge < -0.3 is 9.84 Å². The summed E-state index contributed by atoms with van der Waals surface area (Å²) < 4.78 is 5.46. The molecule has 2 unspecified atom stereocenters. The third-order valence-electron chi connectivity index (χ3n) is 6.31. The Kier molecular flexibility index (Phi) is 6.26. The number of carbonyl (C=O) groups excluding carboxylic acids is 1. The number of aliphatic hydroxyl groups is 1. The van der Waals surface area contributed by atoms with Crippen LogP contribution in [0.3, 0.4) is 0 Å². The summed E-state index contributed by atoms with van der Waals surface area (Å²) in [6.45, 7) is 4.41. The van der Waals surface area contributed by atoms with Crippen molar-refractivity contribution in [1.82, 2.24) is 4.98 Å². The van der Waals surface area contributed by atoms with Crippen molar-refractivity contribution in [2.24, 2.45) is 0 Å². The average Bonchev–Trinajstić information content (AvgIpc) is 3.63. The van der Waals surface area contributed by atoms with E-state index in [1.165, 1.54) is 15.4 Å². The quantitative estimate of drug-likeness (QED) is 0.428. The number of fused-ring (bicyclic) bond motifs is 1. The summed E-state index contributed by atoms with van der Waals surface area (Å²) in [5.41, 5.74) is 4.56. The first-order chi connectivity index (χ1) is 16.0. The molecule has 1 aliphatic heterocycles. The molecule has 0 radical (unpaired) electrons. The third-order valence-corrected chi connectivity index (χ3v) is 7.46. The number of aromatic nitrogens is 1. The molecule has 4 nitrogen and oxygen atoms in total. The fraction of sp³-hybridized carbons (Fsp3) is 0.357. The number of aliphatic hydroxyl groups excluding tert-OH is 1. The highest BCUT2D eigenvalue weighted by atomic mass is 32.2. The molecule has 5 rings (SSSR count). The Bertz CT molecular complexity index is 1200. The molecule has 2 fully saturated rings. The van der Waals surface area contributed by atoms with Crippen LogP contribution in [0, 0.1) is 0 Å². The Balaban J connectivity index is 1.58. The molecule has 2 heterocycles. The fourth-order valence-corrected chi connectivity index (χ4v) is 5.40. The lowest BCUT2D eigenvalue weighted by molar-refractivity contribution is -0.156. The molecule has 1 saturated carbocycles. The van der Waals surface area contributed by atoms with Crippen LogP contribution in [0.5, 0.6) is 0 Å². The number of pyridine rings is 1. The van der Waals surface area contributed by atoms with Crippen molar-refractivity contribution in [2.45, 2.75) is 73.4 Å². The van der Waals surface area contributed by atoms with E-state index in [-0.39, 0.29) is 12.4 Å². The molecule has 0 bridgehead atoms. The first-order valence-electron chi connectivity index (χ1n) is 11.7. The Hall–Kier alpha value is -2.63. The van der Waals surface area contributed by atoms with E-state index in [9.17, 15) is 9.90 Å². The first kappa shape index (κ1) is 22.2. The largest absolute Gasteiger partial charge is 0.458 e. The zero-order valence-electron chi connectivity index (χ0n) is 19.0. The van der Waals surface area contributed by atoms with E-state index >= 15 is 0 Å². The van der Waals surface area contributed by atoms with Crippen molar-refractivity contribution >= 4 is 34.7 Å². The molecule has 1 aromatic heterocycles. The first-order valence-corrected chi connectivity index (χ1v) is 12.6. The molecule has 2 aliphatic rings. The number of para-hydroxylation sites is 1. The molecule has 0 spiro atoms. The summed E-state index contributed by atoms with van der Waals surface area (Å²) in [5, 5.41) is 11.1. The van der Waals surface area contributed by atoms with Crippen LogP contribution in [0.1, 0.15) is 68.2 Å². The minimum Gasteiger partial charge on any atom is -0.458 e. The van der Waals surface area contributed by atoms with Crippen molar-refractivity contribution in [3.05, 3.63) is 71.4 Å². The topological polar surface area (TPSA) is 59.4 Å². The van der Waals surface area contributed by atoms with Gasteiger partial charge in [0, 0.05) is 33.1 Å². The van der Waals surface area contributed by atoms with Gasteiger partial charge in [-0.15, -0.1) is 0 Å². The van der Waals surface area contributed by atoms with Gasteiger partial charge in [0.15, 0.2) is 0 Å². The summed E-state index contributed by atoms with van der Waals surface area (Å²) in [6, 6.07) is 17.1. The monoisotopic (exact) mass is 459 g/mol. The Morgan fingerprint density at radius 3 is 2.58 bits per heavy atom. The van der Waals surface area contributed by atoms with Crippen LogP contribution >= 0.6 is 11.8 Å². The fourth-order valence-electron chi connectivity index (χ4n) is 4.32. The van der Waals surface area contributed by atoms with Crippen LogP contribution in [0.4, 0.5) is 0 Å². The highest BCUT2D eigenvalue weighted by Gasteiger charge is 2.30. The normalized spacial score (nSPS) is 21.2. The van der Waals surface area contributed by atoms with Crippen LogP contribution in [-0.4, -0.2) is 28.3 Å². The SMILES string of the molecule is CC(C)c1ccc(Sc2c(/C=C/C3CC(O)CC(=O)O3)c(C3CC3)nc3ccccc23)cc1. The predicted octanol–water partition coefficient (Wildman–Crippen LogP) is 6.47. The number of cyclic esters (lactones) is 1. The van der Waals surface area contributed by atoms with E-state index in [4.69, 9.17) is 9.72 Å². The lowest BCUT2D eigenvalue weighted by atomic mass is 10.0. The second-order valence-corrected chi connectivity index (χ2v) is 10.4. The molecule has 0 amide bonds. The van der Waals surface area contributed by atoms with E-state index in [1.807, 2.05) is 12.1 Å². The summed E-state index contributed by atoms with van der Waals surface area (Å²) >= 11 is 1.76. The number of ether oxygens (including phenoxy) is 1. The lowest BCUT2D eigenvalue weighted by Gasteiger charge is -2.23. The van der Waals surface area contributed by atoms with E-state index in [2.05, 4.69) is 62.4 Å². The molecule has 170 valence electrons. The van der Waals surface area contributed by atoms with Gasteiger partial charge in [0.05, 0.1) is 23.7 Å². The van der Waals surface area contributed by atoms with Crippen molar-refractivity contribution in [3.8, 4) is 0 Å². The second kappa shape index (κ2) is 9.32. The van der Waals surface area contributed by atoms with Crippen LogP contribution in [0.2, 0.25) is 0 Å². The van der Waals surface area contributed by atoms with E-state index in [0.717, 1.165) is 35.0 Å². The molecule has 33 heavy (non-hydrogen) atoms. The molecule has 1 saturated heterocycles. The zero-order valence-corrected chi connectivity index (χ0v) is 19.8. The van der Waals surface area contributed by atoms with Gasteiger partial charge >= 0.3 is 5.97 Å². The molecule has 1 aliphatic carbocycles. The summed E-state index contributed by atoms with van der Waals surface area (Å²) in [6.07, 6.45) is 5.73. The third kappa shape index (κ3) is 4.99. The molecule has 5 heteroatoms. The maximum Gasteiger partial charge on any atom is 0.309 e. The van der Waals surface area contributed by atoms with Gasteiger partial charge in [-0.2, -0.15) is 0 Å². The number of hydrogen-bond acceptors (Lipinski definition) is 5. The maximum absolute atomic E-state index is 11.8. The minimum atomic E-state index is -0.646. The van der Waals surface area contributed by atoms with Gasteiger partial charge in [-0.05, 0) is 48.6 Å². The zero-order chi connectivity index (χ0) is 22.9. The van der Waals surface area contributed by atoms with Crippen molar-refractivity contribution in [3.63, 3.8) is 0 Å². The summed E-state index contributed by atoms with van der Waals surface area (Å²) in [7, 11) is 0. The number of benzene rings is 2. The van der Waals surface area contributed by atoms with E-state index < -0.39 is 12.2 Å². The van der Waals surface area contributed by atoms with Crippen LogP contribution in [0.15, 0.2) is 64.4 Å². The lowest BCUT2D eigenvalue weighted by Crippen LogP contribution is -2.31. The van der Waals surface area contributed by atoms with Crippen LogP contribution in [0.25, 0.3) is 17.0 Å². The van der Waals surface area contributed by atoms with Crippen LogP contribution < -0.4 is 0 Å². The van der Waals surface area contributed by atoms with Crippen molar-refractivity contribution < 1.29 is 14.6 Å². The Morgan fingerprint density at radius 2 is 1.88 bits per heavy atom. The molecule has 1 N–H and O–H groups in total. The van der Waals surface area contributed by atoms with Crippen LogP contribution in [-0.2, 0) is 9.53 Å². The number of nitrogens with zero attached hydrogens (tertiary/aromatic N) is 1. The highest BCUT2D eigenvalue weighted by molar-refractivity contribution is 7.99. The highest BCUT2D eigenvalue weighted by Crippen LogP contribution is 2.46. The molecule has 2 aromatic carbocycles. The molecule has 3 aromatic rings. The standard InChI is InChI=1S/C28H29NO3S/c1-17(2)18-9-12-22(13-10-18)33-28-23-5-3-4-6-25(23)29-27(19-7-8-19)24(28)14-11-21-15-20(30)16-26(31)32-21/h3-6,9-14,17,19-21,30H,7-8,15-16H2,1-2H3/b14-11+. The summed E-state index contributed by atoms with van der Waals surface area (Å²) in [4.78, 5) is 19.2. The number of rotatable bonds is 6. The van der Waals surface area contributed by atoms with E-state index in [1.54, 1.807) is 11.8 Å². The molecule has 2 atom stereocenters. The smallest absolute Gasteiger partial charge is 0.309 e.